The molecule has 0 unspecified atom stereocenters. The lowest BCUT2D eigenvalue weighted by atomic mass is 9.83. The predicted octanol–water partition coefficient (Wildman–Crippen LogP) is 2.87. The lowest BCUT2D eigenvalue weighted by Crippen LogP contribution is -2.59. The average Bonchev–Trinajstić information content (AvgIpc) is 3.49. The summed E-state index contributed by atoms with van der Waals surface area (Å²) in [6, 6.07) is 8.15. The molecule has 3 atom stereocenters. The number of amides is 4. The van der Waals surface area contributed by atoms with Crippen LogP contribution in [0, 0.1) is 5.92 Å². The minimum absolute atomic E-state index is 0.0334. The fraction of sp³-hybridized carbons (Fsp3) is 0.606. The van der Waals surface area contributed by atoms with Gasteiger partial charge in [0.25, 0.3) is 5.91 Å². The van der Waals surface area contributed by atoms with E-state index in [1.54, 1.807) is 26.2 Å². The number of hydrogen-bond acceptors (Lipinski definition) is 6. The van der Waals surface area contributed by atoms with E-state index >= 15 is 0 Å². The maximum absolute atomic E-state index is 13.7. The normalized spacial score (nSPS) is 20.7. The number of rotatable bonds is 10. The first kappa shape index (κ1) is 31.7. The van der Waals surface area contributed by atoms with Crippen molar-refractivity contribution >= 4 is 29.3 Å². The van der Waals surface area contributed by atoms with Crippen LogP contribution in [0.1, 0.15) is 80.8 Å². The van der Waals surface area contributed by atoms with Gasteiger partial charge in [-0.3, -0.25) is 28.8 Å². The van der Waals surface area contributed by atoms with Gasteiger partial charge in [-0.2, -0.15) is 5.10 Å². The van der Waals surface area contributed by atoms with E-state index in [-0.39, 0.29) is 29.5 Å². The summed E-state index contributed by atoms with van der Waals surface area (Å²) in [6.45, 7) is 5.15. The van der Waals surface area contributed by atoms with Crippen LogP contribution in [0.15, 0.2) is 36.5 Å². The van der Waals surface area contributed by atoms with Crippen molar-refractivity contribution in [3.63, 3.8) is 0 Å². The Hall–Kier alpha value is -3.73. The SMILES string of the molecule is CCC(=O)N[C@H](Cc1ccc(NC(=O)[C@@H](NC(=O)c2ccnn2C)C2CCCCC2)cc1)C(=O)N1CCN2CCCC[C@H]2C1. The Kier molecular flexibility index (Phi) is 10.7. The molecule has 2 aliphatic heterocycles. The Labute approximate surface area is 260 Å². The van der Waals surface area contributed by atoms with Crippen LogP contribution < -0.4 is 16.0 Å². The molecule has 11 nitrogen and oxygen atoms in total. The Morgan fingerprint density at radius 3 is 2.36 bits per heavy atom. The number of carbonyl (C=O) groups is 4. The summed E-state index contributed by atoms with van der Waals surface area (Å²) in [6.07, 6.45) is 10.8. The van der Waals surface area contributed by atoms with Crippen molar-refractivity contribution in [3.8, 4) is 0 Å². The minimum atomic E-state index is -0.659. The van der Waals surface area contributed by atoms with E-state index < -0.39 is 12.1 Å². The van der Waals surface area contributed by atoms with Crippen molar-refractivity contribution < 1.29 is 19.2 Å². The molecule has 3 aliphatic rings. The van der Waals surface area contributed by atoms with Crippen molar-refractivity contribution in [1.82, 2.24) is 30.2 Å². The topological polar surface area (TPSA) is 129 Å². The average molecular weight is 606 g/mol. The largest absolute Gasteiger partial charge is 0.344 e. The lowest BCUT2D eigenvalue weighted by Gasteiger charge is -2.44. The maximum Gasteiger partial charge on any atom is 0.270 e. The second kappa shape index (κ2) is 14.8. The van der Waals surface area contributed by atoms with E-state index in [1.165, 1.54) is 17.5 Å². The number of aromatic nitrogens is 2. The van der Waals surface area contributed by atoms with E-state index in [9.17, 15) is 19.2 Å². The van der Waals surface area contributed by atoms with Crippen molar-refractivity contribution in [2.45, 2.75) is 89.3 Å². The Morgan fingerprint density at radius 1 is 0.909 bits per heavy atom. The van der Waals surface area contributed by atoms with E-state index in [4.69, 9.17) is 0 Å². The number of carbonyl (C=O) groups excluding carboxylic acids is 4. The van der Waals surface area contributed by atoms with Gasteiger partial charge in [-0.05, 0) is 61.9 Å². The monoisotopic (exact) mass is 605 g/mol. The van der Waals surface area contributed by atoms with Crippen LogP contribution in [0.25, 0.3) is 0 Å². The molecule has 4 amide bonds. The second-order valence-corrected chi connectivity index (χ2v) is 12.5. The quantitative estimate of drug-likeness (QED) is 0.382. The zero-order chi connectivity index (χ0) is 31.1. The molecule has 11 heteroatoms. The molecule has 3 heterocycles. The van der Waals surface area contributed by atoms with Gasteiger partial charge in [-0.25, -0.2) is 0 Å². The molecule has 0 spiro atoms. The van der Waals surface area contributed by atoms with Crippen LogP contribution in [0.5, 0.6) is 0 Å². The van der Waals surface area contributed by atoms with Crippen LogP contribution in [-0.4, -0.2) is 87.5 Å². The zero-order valence-corrected chi connectivity index (χ0v) is 26.1. The number of fused-ring (bicyclic) bond motifs is 1. The van der Waals surface area contributed by atoms with Crippen molar-refractivity contribution in [3.05, 3.63) is 47.8 Å². The number of benzene rings is 1. The Morgan fingerprint density at radius 2 is 1.66 bits per heavy atom. The van der Waals surface area contributed by atoms with Gasteiger partial charge in [0.1, 0.15) is 17.8 Å². The summed E-state index contributed by atoms with van der Waals surface area (Å²) in [5.41, 5.74) is 1.91. The van der Waals surface area contributed by atoms with Gasteiger partial charge >= 0.3 is 0 Å². The highest BCUT2D eigenvalue weighted by atomic mass is 16.2. The Balaban J connectivity index is 1.24. The molecule has 1 aromatic carbocycles. The maximum atomic E-state index is 13.7. The zero-order valence-electron chi connectivity index (χ0n) is 26.1. The van der Waals surface area contributed by atoms with Crippen LogP contribution in [0.2, 0.25) is 0 Å². The predicted molar refractivity (Wildman–Crippen MR) is 168 cm³/mol. The van der Waals surface area contributed by atoms with Crippen molar-refractivity contribution in [1.29, 1.82) is 0 Å². The number of aryl methyl sites for hydroxylation is 1. The van der Waals surface area contributed by atoms with E-state index in [0.29, 0.717) is 43.4 Å². The van der Waals surface area contributed by atoms with Crippen LogP contribution in [-0.2, 0) is 27.9 Å². The second-order valence-electron chi connectivity index (χ2n) is 12.5. The summed E-state index contributed by atoms with van der Waals surface area (Å²) in [7, 11) is 1.70. The van der Waals surface area contributed by atoms with Crippen LogP contribution >= 0.6 is 0 Å². The van der Waals surface area contributed by atoms with Crippen LogP contribution in [0.3, 0.4) is 0 Å². The molecule has 1 aliphatic carbocycles. The number of hydrogen-bond donors (Lipinski definition) is 3. The highest BCUT2D eigenvalue weighted by Crippen LogP contribution is 2.28. The van der Waals surface area contributed by atoms with E-state index in [2.05, 4.69) is 25.9 Å². The number of nitrogens with one attached hydrogen (secondary N) is 3. The molecular weight excluding hydrogens is 558 g/mol. The summed E-state index contributed by atoms with van der Waals surface area (Å²) in [5, 5.41) is 13.0. The van der Waals surface area contributed by atoms with E-state index in [0.717, 1.165) is 57.2 Å². The molecule has 238 valence electrons. The van der Waals surface area contributed by atoms with Crippen molar-refractivity contribution in [2.24, 2.45) is 13.0 Å². The standard InChI is InChI=1S/C33H47N7O4/c1-3-29(41)36-27(33(44)40-20-19-39-18-8-7-11-26(39)22-40)21-23-12-14-25(15-13-23)35-32(43)30(24-9-5-4-6-10-24)37-31(42)28-16-17-34-38(28)2/h12-17,24,26-27,30H,3-11,18-22H2,1-2H3,(H,35,43)(H,36,41)(H,37,42)/t26-,27+,30-/m0/s1. The molecule has 0 bridgehead atoms. The van der Waals surface area contributed by atoms with Gasteiger partial charge in [0.05, 0.1) is 0 Å². The number of piperidine rings is 1. The van der Waals surface area contributed by atoms with Gasteiger partial charge in [0, 0.05) is 57.4 Å². The third-order valence-electron chi connectivity index (χ3n) is 9.51. The summed E-state index contributed by atoms with van der Waals surface area (Å²) >= 11 is 0. The highest BCUT2D eigenvalue weighted by molar-refractivity contribution is 6.00. The molecule has 44 heavy (non-hydrogen) atoms. The van der Waals surface area contributed by atoms with Gasteiger partial charge in [0.15, 0.2) is 0 Å². The molecule has 0 radical (unpaired) electrons. The lowest BCUT2D eigenvalue weighted by molar-refractivity contribution is -0.139. The molecule has 2 aromatic rings. The first-order valence-corrected chi connectivity index (χ1v) is 16.3. The van der Waals surface area contributed by atoms with Gasteiger partial charge in [-0.15, -0.1) is 0 Å². The number of nitrogens with zero attached hydrogens (tertiary/aromatic N) is 4. The number of anilines is 1. The molecule has 3 fully saturated rings. The minimum Gasteiger partial charge on any atom is -0.344 e. The fourth-order valence-corrected chi connectivity index (χ4v) is 6.93. The highest BCUT2D eigenvalue weighted by Gasteiger charge is 2.35. The third-order valence-corrected chi connectivity index (χ3v) is 9.51. The summed E-state index contributed by atoms with van der Waals surface area (Å²) < 4.78 is 1.50. The van der Waals surface area contributed by atoms with Crippen molar-refractivity contribution in [2.75, 3.05) is 31.5 Å². The molecule has 1 saturated carbocycles. The molecule has 3 N–H and O–H groups in total. The fourth-order valence-electron chi connectivity index (χ4n) is 6.93. The first-order chi connectivity index (χ1) is 21.3. The van der Waals surface area contributed by atoms with Gasteiger partial charge in [-0.1, -0.05) is 44.7 Å². The molecule has 5 rings (SSSR count). The summed E-state index contributed by atoms with van der Waals surface area (Å²) in [4.78, 5) is 57.0. The van der Waals surface area contributed by atoms with E-state index in [1.807, 2.05) is 29.2 Å². The first-order valence-electron chi connectivity index (χ1n) is 16.3. The van der Waals surface area contributed by atoms with Gasteiger partial charge in [0.2, 0.25) is 17.7 Å². The smallest absolute Gasteiger partial charge is 0.270 e. The molecule has 2 saturated heterocycles. The van der Waals surface area contributed by atoms with Gasteiger partial charge < -0.3 is 20.9 Å². The molecule has 1 aromatic heterocycles. The third kappa shape index (κ3) is 7.85. The number of piperazine rings is 1. The summed E-state index contributed by atoms with van der Waals surface area (Å²) in [5.74, 6) is -0.685. The molecular formula is C33H47N7O4. The Bertz CT molecular complexity index is 1300. The van der Waals surface area contributed by atoms with Crippen LogP contribution in [0.4, 0.5) is 5.69 Å².